The Bertz CT molecular complexity index is 767. The van der Waals surface area contributed by atoms with E-state index in [1.807, 2.05) is 23.9 Å². The first-order valence-electron chi connectivity index (χ1n) is 7.72. The molecule has 0 unspecified atom stereocenters. The number of halogens is 3. The quantitative estimate of drug-likeness (QED) is 0.266. The Labute approximate surface area is 172 Å². The molecule has 0 fully saturated rings. The Hall–Kier alpha value is -0.680. The van der Waals surface area contributed by atoms with Crippen LogP contribution in [0.15, 0.2) is 50.9 Å². The lowest BCUT2D eigenvalue weighted by atomic mass is 10.0. The third-order valence-electron chi connectivity index (χ3n) is 3.18. The molecule has 2 nitrogen and oxygen atoms in total. The second-order valence-electron chi connectivity index (χ2n) is 6.53. The van der Waals surface area contributed by atoms with E-state index in [4.69, 9.17) is 28.0 Å². The van der Waals surface area contributed by atoms with Crippen molar-refractivity contribution < 1.29 is 4.84 Å². The standard InChI is InChI=1S/C19H20BrCl2NOS/c1-19(2,3)25-18-6-5-13(10-16(18)20)17(23-24-4)9-12-7-14(21)11-15(22)8-12/h5-8,10-11H,9H2,1-4H3/b23-17+. The van der Waals surface area contributed by atoms with Crippen molar-refractivity contribution in [1.82, 2.24) is 0 Å². The lowest BCUT2D eigenvalue weighted by Gasteiger charge is -2.19. The van der Waals surface area contributed by atoms with Gasteiger partial charge in [-0.15, -0.1) is 11.8 Å². The summed E-state index contributed by atoms with van der Waals surface area (Å²) in [5.74, 6) is 0. The molecule has 0 aliphatic carbocycles. The largest absolute Gasteiger partial charge is 0.399 e. The van der Waals surface area contributed by atoms with Crippen molar-refractivity contribution in [2.24, 2.45) is 5.16 Å². The normalized spacial score (nSPS) is 12.4. The van der Waals surface area contributed by atoms with Crippen LogP contribution in [-0.2, 0) is 11.3 Å². The number of benzene rings is 2. The highest BCUT2D eigenvalue weighted by Gasteiger charge is 2.16. The molecular weight excluding hydrogens is 441 g/mol. The molecule has 2 rings (SSSR count). The Kier molecular flexibility index (Phi) is 7.27. The van der Waals surface area contributed by atoms with Gasteiger partial charge in [-0.2, -0.15) is 0 Å². The van der Waals surface area contributed by atoms with Crippen LogP contribution in [0.25, 0.3) is 0 Å². The summed E-state index contributed by atoms with van der Waals surface area (Å²) in [6, 6.07) is 11.7. The van der Waals surface area contributed by atoms with E-state index in [1.165, 1.54) is 4.90 Å². The van der Waals surface area contributed by atoms with Gasteiger partial charge in [0.2, 0.25) is 0 Å². The maximum atomic E-state index is 6.10. The molecule has 0 atom stereocenters. The van der Waals surface area contributed by atoms with Crippen molar-refractivity contribution in [3.05, 3.63) is 62.0 Å². The average Bonchev–Trinajstić information content (AvgIpc) is 2.46. The highest BCUT2D eigenvalue weighted by molar-refractivity contribution is 9.10. The molecule has 134 valence electrons. The molecule has 0 heterocycles. The molecular formula is C19H20BrCl2NOS. The lowest BCUT2D eigenvalue weighted by Crippen LogP contribution is -2.08. The molecule has 0 N–H and O–H groups in total. The molecule has 0 aromatic heterocycles. The van der Waals surface area contributed by atoms with Gasteiger partial charge in [0.05, 0.1) is 5.71 Å². The lowest BCUT2D eigenvalue weighted by molar-refractivity contribution is 0.213. The summed E-state index contributed by atoms with van der Waals surface area (Å²) >= 11 is 17.7. The zero-order chi connectivity index (χ0) is 18.6. The zero-order valence-electron chi connectivity index (χ0n) is 14.6. The van der Waals surface area contributed by atoms with Crippen LogP contribution in [0.1, 0.15) is 31.9 Å². The summed E-state index contributed by atoms with van der Waals surface area (Å²) in [6.45, 7) is 6.58. The van der Waals surface area contributed by atoms with Crippen LogP contribution in [0.4, 0.5) is 0 Å². The fraction of sp³-hybridized carbons (Fsp3) is 0.316. The van der Waals surface area contributed by atoms with Crippen molar-refractivity contribution in [3.63, 3.8) is 0 Å². The highest BCUT2D eigenvalue weighted by atomic mass is 79.9. The van der Waals surface area contributed by atoms with E-state index < -0.39 is 0 Å². The molecule has 0 bridgehead atoms. The first-order valence-corrected chi connectivity index (χ1v) is 10.1. The van der Waals surface area contributed by atoms with Crippen molar-refractivity contribution in [2.75, 3.05) is 7.11 Å². The topological polar surface area (TPSA) is 21.6 Å². The van der Waals surface area contributed by atoms with Gasteiger partial charge in [-0.25, -0.2) is 0 Å². The maximum absolute atomic E-state index is 6.10. The Morgan fingerprint density at radius 1 is 1.12 bits per heavy atom. The van der Waals surface area contributed by atoms with Crippen LogP contribution in [0.5, 0.6) is 0 Å². The van der Waals surface area contributed by atoms with Crippen LogP contribution >= 0.6 is 50.9 Å². The van der Waals surface area contributed by atoms with Crippen LogP contribution in [0, 0.1) is 0 Å². The smallest absolute Gasteiger partial charge is 0.106 e. The number of hydrogen-bond donors (Lipinski definition) is 0. The monoisotopic (exact) mass is 459 g/mol. The minimum atomic E-state index is 0.144. The molecule has 0 saturated carbocycles. The van der Waals surface area contributed by atoms with Gasteiger partial charge in [0.1, 0.15) is 7.11 Å². The maximum Gasteiger partial charge on any atom is 0.106 e. The zero-order valence-corrected chi connectivity index (χ0v) is 18.5. The predicted octanol–water partition coefficient (Wildman–Crippen LogP) is 7.24. The fourth-order valence-corrected chi connectivity index (χ4v) is 4.44. The second kappa shape index (κ2) is 8.81. The average molecular weight is 461 g/mol. The first-order chi connectivity index (χ1) is 11.7. The van der Waals surface area contributed by atoms with Gasteiger partial charge in [-0.05, 0) is 51.8 Å². The van der Waals surface area contributed by atoms with Crippen LogP contribution in [0.2, 0.25) is 10.0 Å². The Morgan fingerprint density at radius 3 is 2.28 bits per heavy atom. The van der Waals surface area contributed by atoms with E-state index in [0.717, 1.165) is 21.3 Å². The summed E-state index contributed by atoms with van der Waals surface area (Å²) < 4.78 is 1.18. The predicted molar refractivity (Wildman–Crippen MR) is 113 cm³/mol. The highest BCUT2D eigenvalue weighted by Crippen LogP contribution is 2.37. The number of nitrogens with zero attached hydrogens (tertiary/aromatic N) is 1. The van der Waals surface area contributed by atoms with Gasteiger partial charge in [0, 0.05) is 36.1 Å². The minimum absolute atomic E-state index is 0.144. The summed E-state index contributed by atoms with van der Waals surface area (Å²) in [4.78, 5) is 6.24. The number of hydrogen-bond acceptors (Lipinski definition) is 3. The van der Waals surface area contributed by atoms with Crippen LogP contribution in [0.3, 0.4) is 0 Å². The molecule has 0 aliphatic rings. The van der Waals surface area contributed by atoms with Gasteiger partial charge in [-0.1, -0.05) is 55.2 Å². The summed E-state index contributed by atoms with van der Waals surface area (Å²) in [5.41, 5.74) is 2.79. The number of thioether (sulfide) groups is 1. The van der Waals surface area contributed by atoms with Gasteiger partial charge < -0.3 is 4.84 Å². The van der Waals surface area contributed by atoms with Crippen molar-refractivity contribution in [3.8, 4) is 0 Å². The van der Waals surface area contributed by atoms with E-state index in [2.05, 4.69) is 60.1 Å². The second-order valence-corrected chi connectivity index (χ2v) is 10.1. The first kappa shape index (κ1) is 20.6. The minimum Gasteiger partial charge on any atom is -0.399 e. The van der Waals surface area contributed by atoms with Crippen LogP contribution in [-0.4, -0.2) is 17.6 Å². The Morgan fingerprint density at radius 2 is 1.76 bits per heavy atom. The van der Waals surface area contributed by atoms with Gasteiger partial charge in [-0.3, -0.25) is 0 Å². The summed E-state index contributed by atoms with van der Waals surface area (Å²) in [7, 11) is 1.55. The van der Waals surface area contributed by atoms with Gasteiger partial charge in [0.15, 0.2) is 0 Å². The molecule has 0 radical (unpaired) electrons. The van der Waals surface area contributed by atoms with Gasteiger partial charge in [0.25, 0.3) is 0 Å². The van der Waals surface area contributed by atoms with Crippen LogP contribution < -0.4 is 0 Å². The van der Waals surface area contributed by atoms with Gasteiger partial charge >= 0.3 is 0 Å². The molecule has 6 heteroatoms. The third-order valence-corrected chi connectivity index (χ3v) is 5.72. The van der Waals surface area contributed by atoms with Crippen molar-refractivity contribution in [2.45, 2.75) is 36.8 Å². The molecule has 0 aliphatic heterocycles. The molecule has 2 aromatic carbocycles. The third kappa shape index (κ3) is 6.52. The molecule has 2 aromatic rings. The summed E-state index contributed by atoms with van der Waals surface area (Å²) in [6.07, 6.45) is 0.576. The van der Waals surface area contributed by atoms with E-state index in [9.17, 15) is 0 Å². The van der Waals surface area contributed by atoms with Crippen molar-refractivity contribution in [1.29, 1.82) is 0 Å². The molecule has 0 spiro atoms. The Balaban J connectivity index is 2.31. The molecule has 0 amide bonds. The molecule has 25 heavy (non-hydrogen) atoms. The molecule has 0 saturated heterocycles. The van der Waals surface area contributed by atoms with E-state index in [1.54, 1.807) is 13.2 Å². The van der Waals surface area contributed by atoms with E-state index in [0.29, 0.717) is 16.5 Å². The number of oxime groups is 1. The van der Waals surface area contributed by atoms with E-state index >= 15 is 0 Å². The fourth-order valence-electron chi connectivity index (χ4n) is 2.30. The number of rotatable bonds is 5. The van der Waals surface area contributed by atoms with Crippen molar-refractivity contribution >= 4 is 56.6 Å². The van der Waals surface area contributed by atoms with E-state index in [-0.39, 0.29) is 4.75 Å². The SMILES string of the molecule is CO/N=C(\Cc1cc(Cl)cc(Cl)c1)c1ccc(SC(C)(C)C)c(Br)c1. The summed E-state index contributed by atoms with van der Waals surface area (Å²) in [5, 5.41) is 5.41.